The number of alkyl halides is 1. The van der Waals surface area contributed by atoms with Gasteiger partial charge >= 0.3 is 0 Å². The zero-order chi connectivity index (χ0) is 12.7. The maximum Gasteiger partial charge on any atom is 0.0106 e. The van der Waals surface area contributed by atoms with Crippen molar-refractivity contribution in [1.82, 2.24) is 9.80 Å². The lowest BCUT2D eigenvalue weighted by Gasteiger charge is -2.35. The van der Waals surface area contributed by atoms with Gasteiger partial charge in [-0.15, -0.1) is 0 Å². The lowest BCUT2D eigenvalue weighted by Crippen LogP contribution is -2.39. The summed E-state index contributed by atoms with van der Waals surface area (Å²) < 4.78 is 0. The van der Waals surface area contributed by atoms with Gasteiger partial charge in [0.15, 0.2) is 0 Å². The minimum Gasteiger partial charge on any atom is -0.308 e. The molecule has 0 amide bonds. The Bertz CT molecular complexity index is 198. The molecule has 0 aliphatic heterocycles. The number of rotatable bonds is 6. The molecule has 0 radical (unpaired) electrons. The maximum atomic E-state index is 3.77. The summed E-state index contributed by atoms with van der Waals surface area (Å²) in [6.07, 6.45) is 8.54. The van der Waals surface area contributed by atoms with E-state index in [4.69, 9.17) is 0 Å². The summed E-state index contributed by atoms with van der Waals surface area (Å²) in [7, 11) is 6.58. The van der Waals surface area contributed by atoms with Gasteiger partial charge in [-0.1, -0.05) is 41.6 Å². The Balaban J connectivity index is 2.43. The second kappa shape index (κ2) is 7.75. The normalized spacial score (nSPS) is 20.8. The van der Waals surface area contributed by atoms with E-state index >= 15 is 0 Å². The van der Waals surface area contributed by atoms with Crippen LogP contribution in [0.1, 0.15) is 38.5 Å². The van der Waals surface area contributed by atoms with Gasteiger partial charge < -0.3 is 9.80 Å². The summed E-state index contributed by atoms with van der Waals surface area (Å²) in [5.74, 6) is 0. The predicted octanol–water partition coefficient (Wildman–Crippen LogP) is 3.22. The van der Waals surface area contributed by atoms with Crippen LogP contribution in [-0.4, -0.2) is 55.9 Å². The highest BCUT2D eigenvalue weighted by Gasteiger charge is 2.30. The van der Waals surface area contributed by atoms with Crippen LogP contribution in [0.25, 0.3) is 0 Å². The van der Waals surface area contributed by atoms with Gasteiger partial charge in [-0.2, -0.15) is 0 Å². The molecule has 0 heterocycles. The number of likely N-dealkylation sites (N-methyl/N-ethyl adjacent to an activating group) is 2. The van der Waals surface area contributed by atoms with Crippen LogP contribution in [0.5, 0.6) is 0 Å². The Morgan fingerprint density at radius 1 is 0.941 bits per heavy atom. The van der Waals surface area contributed by atoms with E-state index in [1.165, 1.54) is 56.9 Å². The Morgan fingerprint density at radius 3 is 2.00 bits per heavy atom. The highest BCUT2D eigenvalue weighted by Crippen LogP contribution is 2.37. The van der Waals surface area contributed by atoms with E-state index < -0.39 is 0 Å². The minimum atomic E-state index is 0.539. The summed E-state index contributed by atoms with van der Waals surface area (Å²) in [6, 6.07) is 0. The van der Waals surface area contributed by atoms with Gasteiger partial charge in [-0.05, 0) is 39.4 Å². The van der Waals surface area contributed by atoms with Crippen LogP contribution in [0, 0.1) is 5.41 Å². The zero-order valence-corrected chi connectivity index (χ0v) is 13.4. The topological polar surface area (TPSA) is 6.48 Å². The highest BCUT2D eigenvalue weighted by atomic mass is 79.9. The molecule has 0 N–H and O–H groups in total. The summed E-state index contributed by atoms with van der Waals surface area (Å²) in [5, 5.41) is 1.17. The fraction of sp³-hybridized carbons (Fsp3) is 1.00. The van der Waals surface area contributed by atoms with Gasteiger partial charge in [0, 0.05) is 25.0 Å². The molecule has 2 nitrogen and oxygen atoms in total. The van der Waals surface area contributed by atoms with Gasteiger partial charge in [0.25, 0.3) is 0 Å². The summed E-state index contributed by atoms with van der Waals surface area (Å²) >= 11 is 3.77. The predicted molar refractivity (Wildman–Crippen MR) is 80.0 cm³/mol. The van der Waals surface area contributed by atoms with Crippen LogP contribution in [0.4, 0.5) is 0 Å². The van der Waals surface area contributed by atoms with Crippen molar-refractivity contribution in [1.29, 1.82) is 0 Å². The molecule has 17 heavy (non-hydrogen) atoms. The molecule has 3 heteroatoms. The quantitative estimate of drug-likeness (QED) is 0.549. The molecule has 1 aliphatic rings. The third kappa shape index (κ3) is 5.71. The smallest absolute Gasteiger partial charge is 0.0106 e. The molecule has 0 unspecified atom stereocenters. The monoisotopic (exact) mass is 304 g/mol. The van der Waals surface area contributed by atoms with Crippen molar-refractivity contribution >= 4 is 15.9 Å². The van der Waals surface area contributed by atoms with Crippen molar-refractivity contribution in [3.05, 3.63) is 0 Å². The largest absolute Gasteiger partial charge is 0.308 e. The number of hydrogen-bond acceptors (Lipinski definition) is 2. The van der Waals surface area contributed by atoms with Gasteiger partial charge in [-0.25, -0.2) is 0 Å². The molecule has 0 aromatic heterocycles. The van der Waals surface area contributed by atoms with E-state index in [0.717, 1.165) is 6.54 Å². The molecule has 1 aliphatic carbocycles. The van der Waals surface area contributed by atoms with Crippen LogP contribution in [0.2, 0.25) is 0 Å². The Labute approximate surface area is 116 Å². The third-order valence-electron chi connectivity index (χ3n) is 3.98. The third-order valence-corrected chi connectivity index (χ3v) is 5.17. The summed E-state index contributed by atoms with van der Waals surface area (Å²) in [4.78, 5) is 4.79. The van der Waals surface area contributed by atoms with Crippen LogP contribution in [0.3, 0.4) is 0 Å². The molecular formula is C14H29BrN2. The van der Waals surface area contributed by atoms with Crippen molar-refractivity contribution in [2.75, 3.05) is 46.1 Å². The first-order valence-corrected chi connectivity index (χ1v) is 8.09. The van der Waals surface area contributed by atoms with Gasteiger partial charge in [0.1, 0.15) is 0 Å². The lowest BCUT2D eigenvalue weighted by atomic mass is 9.82. The highest BCUT2D eigenvalue weighted by molar-refractivity contribution is 9.09. The summed E-state index contributed by atoms with van der Waals surface area (Å²) in [5.41, 5.74) is 0.539. The van der Waals surface area contributed by atoms with Crippen molar-refractivity contribution in [2.45, 2.75) is 38.5 Å². The number of hydrogen-bond donors (Lipinski definition) is 0. The Hall–Kier alpha value is 0.400. The molecule has 0 bridgehead atoms. The van der Waals surface area contributed by atoms with Gasteiger partial charge in [-0.3, -0.25) is 0 Å². The van der Waals surface area contributed by atoms with Crippen LogP contribution in [0.15, 0.2) is 0 Å². The van der Waals surface area contributed by atoms with E-state index in [0.29, 0.717) is 5.41 Å². The van der Waals surface area contributed by atoms with Crippen LogP contribution in [-0.2, 0) is 0 Å². The van der Waals surface area contributed by atoms with Crippen molar-refractivity contribution in [3.63, 3.8) is 0 Å². The molecule has 0 spiro atoms. The molecule has 102 valence electrons. The molecular weight excluding hydrogens is 276 g/mol. The molecule has 0 aromatic carbocycles. The average Bonchev–Trinajstić information content (AvgIpc) is 2.53. The first-order chi connectivity index (χ1) is 8.08. The lowest BCUT2D eigenvalue weighted by molar-refractivity contribution is 0.166. The van der Waals surface area contributed by atoms with E-state index in [2.05, 4.69) is 46.9 Å². The van der Waals surface area contributed by atoms with Gasteiger partial charge in [0.2, 0.25) is 0 Å². The fourth-order valence-corrected chi connectivity index (χ4v) is 3.57. The maximum absolute atomic E-state index is 3.77. The fourth-order valence-electron chi connectivity index (χ4n) is 2.83. The molecule has 0 aromatic rings. The number of halogens is 1. The average molecular weight is 305 g/mol. The molecule has 0 atom stereocenters. The van der Waals surface area contributed by atoms with Crippen molar-refractivity contribution in [2.24, 2.45) is 5.41 Å². The number of nitrogens with zero attached hydrogens (tertiary/aromatic N) is 2. The van der Waals surface area contributed by atoms with E-state index in [9.17, 15) is 0 Å². The standard InChI is InChI=1S/C14H29BrN2/c1-16(2)10-11-17(3)13-14(12-15)8-6-4-5-7-9-14/h4-13H2,1-3H3. The van der Waals surface area contributed by atoms with E-state index in [-0.39, 0.29) is 0 Å². The van der Waals surface area contributed by atoms with Crippen LogP contribution < -0.4 is 0 Å². The van der Waals surface area contributed by atoms with Crippen molar-refractivity contribution < 1.29 is 0 Å². The van der Waals surface area contributed by atoms with Crippen LogP contribution >= 0.6 is 15.9 Å². The molecule has 0 saturated heterocycles. The zero-order valence-electron chi connectivity index (χ0n) is 11.8. The first-order valence-electron chi connectivity index (χ1n) is 6.97. The Morgan fingerprint density at radius 2 is 1.53 bits per heavy atom. The second-order valence-electron chi connectivity index (χ2n) is 6.09. The summed E-state index contributed by atoms with van der Waals surface area (Å²) in [6.45, 7) is 3.60. The SMILES string of the molecule is CN(C)CCN(C)CC1(CBr)CCCCCC1. The minimum absolute atomic E-state index is 0.539. The van der Waals surface area contributed by atoms with E-state index in [1.807, 2.05) is 0 Å². The second-order valence-corrected chi connectivity index (χ2v) is 6.65. The Kier molecular flexibility index (Phi) is 7.05. The van der Waals surface area contributed by atoms with E-state index in [1.54, 1.807) is 0 Å². The molecule has 1 fully saturated rings. The van der Waals surface area contributed by atoms with Crippen molar-refractivity contribution in [3.8, 4) is 0 Å². The van der Waals surface area contributed by atoms with Gasteiger partial charge in [0.05, 0.1) is 0 Å². The first kappa shape index (κ1) is 15.5. The molecule has 1 rings (SSSR count). The molecule has 1 saturated carbocycles.